The van der Waals surface area contributed by atoms with E-state index >= 15 is 0 Å². The van der Waals surface area contributed by atoms with Crippen molar-refractivity contribution in [3.63, 3.8) is 0 Å². The second-order valence-electron chi connectivity index (χ2n) is 7.22. The summed E-state index contributed by atoms with van der Waals surface area (Å²) in [5.74, 6) is 1.61. The van der Waals surface area contributed by atoms with Gasteiger partial charge in [0, 0.05) is 44.0 Å². The fourth-order valence-electron chi connectivity index (χ4n) is 3.21. The van der Waals surface area contributed by atoms with Gasteiger partial charge in [-0.15, -0.1) is 24.0 Å². The van der Waals surface area contributed by atoms with Crippen LogP contribution < -0.4 is 20.3 Å². The molecule has 0 radical (unpaired) electrons. The molecule has 2 heterocycles. The summed E-state index contributed by atoms with van der Waals surface area (Å²) in [6.07, 6.45) is 4.35. The van der Waals surface area contributed by atoms with E-state index in [1.165, 1.54) is 0 Å². The number of nitrogens with one attached hydrogen (secondary N) is 2. The highest BCUT2D eigenvalue weighted by Gasteiger charge is 2.21. The highest BCUT2D eigenvalue weighted by atomic mass is 127. The fourth-order valence-corrected chi connectivity index (χ4v) is 3.21. The van der Waals surface area contributed by atoms with Crippen molar-refractivity contribution in [2.75, 3.05) is 24.6 Å². The van der Waals surface area contributed by atoms with E-state index in [0.717, 1.165) is 48.7 Å². The SMILES string of the molecule is CCCOc1ccc(CN=C(NCC)NCc2ccc(N3CCCC3=O)cc2)cn1.I. The molecule has 1 aliphatic rings. The number of hydrogen-bond donors (Lipinski definition) is 2. The average molecular weight is 537 g/mol. The van der Waals surface area contributed by atoms with Crippen LogP contribution in [0.1, 0.15) is 44.2 Å². The lowest BCUT2D eigenvalue weighted by Crippen LogP contribution is -2.36. The molecule has 0 bridgehead atoms. The molecule has 0 spiro atoms. The largest absolute Gasteiger partial charge is 0.478 e. The van der Waals surface area contributed by atoms with Gasteiger partial charge in [-0.1, -0.05) is 25.1 Å². The normalized spacial score (nSPS) is 13.7. The molecule has 1 amide bonds. The van der Waals surface area contributed by atoms with E-state index in [4.69, 9.17) is 4.74 Å². The lowest BCUT2D eigenvalue weighted by atomic mass is 10.2. The quantitative estimate of drug-likeness (QED) is 0.289. The number of amides is 1. The Bertz CT molecular complexity index is 840. The summed E-state index contributed by atoms with van der Waals surface area (Å²) in [5, 5.41) is 6.62. The first-order valence-corrected chi connectivity index (χ1v) is 10.7. The van der Waals surface area contributed by atoms with Crippen molar-refractivity contribution in [2.24, 2.45) is 4.99 Å². The minimum absolute atomic E-state index is 0. The molecule has 0 unspecified atom stereocenters. The van der Waals surface area contributed by atoms with Gasteiger partial charge in [0.2, 0.25) is 11.8 Å². The molecule has 1 fully saturated rings. The maximum absolute atomic E-state index is 11.9. The Morgan fingerprint density at radius 2 is 1.90 bits per heavy atom. The predicted molar refractivity (Wildman–Crippen MR) is 135 cm³/mol. The van der Waals surface area contributed by atoms with Crippen LogP contribution in [0.4, 0.5) is 5.69 Å². The van der Waals surface area contributed by atoms with Crippen LogP contribution in [0.5, 0.6) is 5.88 Å². The first-order chi connectivity index (χ1) is 14.7. The van der Waals surface area contributed by atoms with Crippen LogP contribution >= 0.6 is 24.0 Å². The fraction of sp³-hybridized carbons (Fsp3) is 0.435. The van der Waals surface area contributed by atoms with Crippen LogP contribution in [-0.4, -0.2) is 36.5 Å². The van der Waals surface area contributed by atoms with Crippen LogP contribution in [-0.2, 0) is 17.9 Å². The third-order valence-electron chi connectivity index (χ3n) is 4.80. The van der Waals surface area contributed by atoms with Crippen LogP contribution in [0.3, 0.4) is 0 Å². The number of ether oxygens (including phenoxy) is 1. The van der Waals surface area contributed by atoms with Crippen LogP contribution in [0.15, 0.2) is 47.6 Å². The molecule has 1 aromatic heterocycles. The summed E-state index contributed by atoms with van der Waals surface area (Å²) >= 11 is 0. The standard InChI is InChI=1S/C23H31N5O2.HI/c1-3-14-30-21-12-9-19(16-25-21)17-27-23(24-4-2)26-15-18-7-10-20(11-8-18)28-13-5-6-22(28)29;/h7-12,16H,3-6,13-15,17H2,1-2H3,(H2,24,26,27);1H. The van der Waals surface area contributed by atoms with Crippen molar-refractivity contribution in [3.05, 3.63) is 53.7 Å². The Morgan fingerprint density at radius 3 is 2.52 bits per heavy atom. The smallest absolute Gasteiger partial charge is 0.227 e. The molecule has 1 aromatic carbocycles. The van der Waals surface area contributed by atoms with E-state index in [1.807, 2.05) is 36.1 Å². The number of carbonyl (C=O) groups is 1. The van der Waals surface area contributed by atoms with E-state index in [9.17, 15) is 4.79 Å². The molecule has 168 valence electrons. The highest BCUT2D eigenvalue weighted by Crippen LogP contribution is 2.21. The Kier molecular flexibility index (Phi) is 10.6. The second kappa shape index (κ2) is 13.1. The Balaban J connectivity index is 0.00000341. The van der Waals surface area contributed by atoms with E-state index in [1.54, 1.807) is 6.20 Å². The topological polar surface area (TPSA) is 78.9 Å². The van der Waals surface area contributed by atoms with E-state index in [-0.39, 0.29) is 29.9 Å². The van der Waals surface area contributed by atoms with Crippen LogP contribution in [0.2, 0.25) is 0 Å². The van der Waals surface area contributed by atoms with Crippen molar-refractivity contribution in [1.82, 2.24) is 15.6 Å². The lowest BCUT2D eigenvalue weighted by molar-refractivity contribution is -0.117. The minimum Gasteiger partial charge on any atom is -0.478 e. The van der Waals surface area contributed by atoms with E-state index in [0.29, 0.717) is 32.0 Å². The van der Waals surface area contributed by atoms with Gasteiger partial charge in [0.1, 0.15) is 0 Å². The highest BCUT2D eigenvalue weighted by molar-refractivity contribution is 14.0. The third-order valence-corrected chi connectivity index (χ3v) is 4.80. The summed E-state index contributed by atoms with van der Waals surface area (Å²) in [7, 11) is 0. The number of nitrogens with zero attached hydrogens (tertiary/aromatic N) is 3. The first kappa shape index (κ1) is 24.9. The first-order valence-electron chi connectivity index (χ1n) is 10.7. The molecule has 0 saturated carbocycles. The van der Waals surface area contributed by atoms with E-state index < -0.39 is 0 Å². The van der Waals surface area contributed by atoms with Crippen molar-refractivity contribution in [2.45, 2.75) is 46.2 Å². The zero-order valence-electron chi connectivity index (χ0n) is 18.3. The summed E-state index contributed by atoms with van der Waals surface area (Å²) in [6.45, 7) is 7.57. The number of benzene rings is 1. The maximum atomic E-state index is 11.9. The second-order valence-corrected chi connectivity index (χ2v) is 7.22. The summed E-state index contributed by atoms with van der Waals surface area (Å²) in [5.41, 5.74) is 3.13. The molecular weight excluding hydrogens is 505 g/mol. The van der Waals surface area contributed by atoms with Gasteiger partial charge in [0.05, 0.1) is 13.2 Å². The average Bonchev–Trinajstić information content (AvgIpc) is 3.21. The third kappa shape index (κ3) is 7.68. The number of aliphatic imine (C=N–C) groups is 1. The number of rotatable bonds is 9. The Morgan fingerprint density at radius 1 is 1.13 bits per heavy atom. The van der Waals surface area contributed by atoms with Crippen molar-refractivity contribution in [3.8, 4) is 5.88 Å². The number of carbonyl (C=O) groups excluding carboxylic acids is 1. The van der Waals surface area contributed by atoms with E-state index in [2.05, 4.69) is 39.7 Å². The maximum Gasteiger partial charge on any atom is 0.227 e. The molecule has 8 heteroatoms. The lowest BCUT2D eigenvalue weighted by Gasteiger charge is -2.16. The van der Waals surface area contributed by atoms with Gasteiger partial charge in [-0.05, 0) is 43.0 Å². The molecule has 0 atom stereocenters. The number of guanidine groups is 1. The van der Waals surface area contributed by atoms with Crippen LogP contribution in [0.25, 0.3) is 0 Å². The van der Waals surface area contributed by atoms with Gasteiger partial charge >= 0.3 is 0 Å². The molecule has 1 saturated heterocycles. The predicted octanol–water partition coefficient (Wildman–Crippen LogP) is 3.87. The minimum atomic E-state index is 0. The van der Waals surface area contributed by atoms with Gasteiger partial charge in [0.15, 0.2) is 5.96 Å². The molecule has 2 aromatic rings. The Hall–Kier alpha value is -2.36. The number of halogens is 1. The molecule has 31 heavy (non-hydrogen) atoms. The van der Waals surface area contributed by atoms with Gasteiger partial charge in [-0.2, -0.15) is 0 Å². The van der Waals surface area contributed by atoms with Gasteiger partial charge in [0.25, 0.3) is 0 Å². The molecule has 3 rings (SSSR count). The molecule has 0 aliphatic carbocycles. The van der Waals surface area contributed by atoms with Crippen molar-refractivity contribution < 1.29 is 9.53 Å². The molecule has 7 nitrogen and oxygen atoms in total. The van der Waals surface area contributed by atoms with Gasteiger partial charge in [-0.3, -0.25) is 4.79 Å². The van der Waals surface area contributed by atoms with Crippen molar-refractivity contribution >= 4 is 41.5 Å². The van der Waals surface area contributed by atoms with Crippen molar-refractivity contribution in [1.29, 1.82) is 0 Å². The van der Waals surface area contributed by atoms with Gasteiger partial charge < -0.3 is 20.3 Å². The number of anilines is 1. The molecule has 2 N–H and O–H groups in total. The summed E-state index contributed by atoms with van der Waals surface area (Å²) < 4.78 is 5.52. The van der Waals surface area contributed by atoms with Gasteiger partial charge in [-0.25, -0.2) is 9.98 Å². The molecular formula is C23H32IN5O2. The molecule has 1 aliphatic heterocycles. The summed E-state index contributed by atoms with van der Waals surface area (Å²) in [6, 6.07) is 12.0. The number of aromatic nitrogens is 1. The zero-order chi connectivity index (χ0) is 21.2. The number of hydrogen-bond acceptors (Lipinski definition) is 4. The number of pyridine rings is 1. The zero-order valence-corrected chi connectivity index (χ0v) is 20.6. The Labute approximate surface area is 201 Å². The monoisotopic (exact) mass is 537 g/mol. The van der Waals surface area contributed by atoms with Crippen LogP contribution in [0, 0.1) is 0 Å². The summed E-state index contributed by atoms with van der Waals surface area (Å²) in [4.78, 5) is 22.7.